The second kappa shape index (κ2) is 10.6. The van der Waals surface area contributed by atoms with Gasteiger partial charge in [0.1, 0.15) is 12.2 Å². The van der Waals surface area contributed by atoms with Crippen LogP contribution < -0.4 is 0 Å². The van der Waals surface area contributed by atoms with Gasteiger partial charge in [-0.15, -0.1) is 0 Å². The van der Waals surface area contributed by atoms with Gasteiger partial charge < -0.3 is 18.9 Å². The van der Waals surface area contributed by atoms with Crippen LogP contribution >= 0.6 is 0 Å². The summed E-state index contributed by atoms with van der Waals surface area (Å²) in [5.41, 5.74) is 1.05. The molecular formula is C32H30N2O10. The van der Waals surface area contributed by atoms with Crippen molar-refractivity contribution >= 4 is 35.6 Å². The molecule has 3 fully saturated rings. The van der Waals surface area contributed by atoms with E-state index in [4.69, 9.17) is 18.9 Å². The number of amides is 4. The van der Waals surface area contributed by atoms with Crippen LogP contribution in [0.25, 0.3) is 0 Å². The van der Waals surface area contributed by atoms with Gasteiger partial charge in [0.2, 0.25) is 0 Å². The van der Waals surface area contributed by atoms with Crippen molar-refractivity contribution in [2.75, 3.05) is 20.3 Å². The van der Waals surface area contributed by atoms with E-state index in [1.54, 1.807) is 0 Å². The van der Waals surface area contributed by atoms with E-state index in [0.717, 1.165) is 30.6 Å². The number of carbonyl (C=O) groups is 6. The Morgan fingerprint density at radius 3 is 1.68 bits per heavy atom. The van der Waals surface area contributed by atoms with Gasteiger partial charge in [0, 0.05) is 13.1 Å². The molecule has 0 N–H and O–H groups in total. The zero-order chi connectivity index (χ0) is 30.9. The summed E-state index contributed by atoms with van der Waals surface area (Å²) in [4.78, 5) is 79.1. The van der Waals surface area contributed by atoms with Gasteiger partial charge in [-0.05, 0) is 68.0 Å². The number of benzene rings is 2. The minimum Gasteiger partial charge on any atom is -0.453 e. The average Bonchev–Trinajstić information content (AvgIpc) is 3.73. The minimum absolute atomic E-state index is 0.00541. The molecule has 0 spiro atoms. The highest BCUT2D eigenvalue weighted by Gasteiger charge is 2.51. The van der Waals surface area contributed by atoms with Crippen LogP contribution in [-0.4, -0.2) is 96.1 Å². The standard InChI is InChI=1S/C32H30N2O10/c1-15-3-7-18(8-4-15)34-29(37)20-10-6-17(12-22(20)30(34)38)32(40)44-24-14-42-25-23(13-41-26(24)25)43-31(39)16-5-9-19-21(11-16)28(36)33(2)27(19)35/h5-6,9-12,15,18,23-26H,3-4,7-8,13-14H2,1-2H3/t15?,18?,23-,24+,25-,26-/m1/s1. The van der Waals surface area contributed by atoms with Gasteiger partial charge in [0.15, 0.2) is 12.2 Å². The number of nitrogens with zero attached hydrogens (tertiary/aromatic N) is 2. The smallest absolute Gasteiger partial charge is 0.338 e. The Labute approximate surface area is 252 Å². The van der Waals surface area contributed by atoms with Gasteiger partial charge >= 0.3 is 11.9 Å². The lowest BCUT2D eigenvalue weighted by Crippen LogP contribution is -2.41. The molecule has 44 heavy (non-hydrogen) atoms. The van der Waals surface area contributed by atoms with Crippen LogP contribution in [0, 0.1) is 5.92 Å². The van der Waals surface area contributed by atoms with Gasteiger partial charge in [-0.25, -0.2) is 9.59 Å². The minimum atomic E-state index is -0.790. The fourth-order valence-electron chi connectivity index (χ4n) is 6.75. The van der Waals surface area contributed by atoms with E-state index in [1.165, 1.54) is 48.3 Å². The quantitative estimate of drug-likeness (QED) is 0.370. The number of carbonyl (C=O) groups excluding carboxylic acids is 6. The molecule has 2 aromatic carbocycles. The first-order chi connectivity index (χ1) is 21.1. The van der Waals surface area contributed by atoms with Crippen molar-refractivity contribution in [3.05, 3.63) is 69.8 Å². The van der Waals surface area contributed by atoms with Gasteiger partial charge in [-0.3, -0.25) is 29.0 Å². The highest BCUT2D eigenvalue weighted by Crippen LogP contribution is 2.35. The zero-order valence-corrected chi connectivity index (χ0v) is 24.1. The Morgan fingerprint density at radius 2 is 1.14 bits per heavy atom. The van der Waals surface area contributed by atoms with Crippen molar-refractivity contribution in [1.29, 1.82) is 0 Å². The Bertz CT molecular complexity index is 1630. The van der Waals surface area contributed by atoms with Crippen LogP contribution in [0.3, 0.4) is 0 Å². The molecule has 4 heterocycles. The summed E-state index contributed by atoms with van der Waals surface area (Å²) < 4.78 is 22.9. The van der Waals surface area contributed by atoms with Crippen molar-refractivity contribution in [2.45, 2.75) is 63.1 Å². The van der Waals surface area contributed by atoms with Crippen molar-refractivity contribution in [2.24, 2.45) is 5.92 Å². The Morgan fingerprint density at radius 1 is 0.682 bits per heavy atom. The largest absolute Gasteiger partial charge is 0.453 e. The summed E-state index contributed by atoms with van der Waals surface area (Å²) in [6.45, 7) is 2.18. The monoisotopic (exact) mass is 602 g/mol. The maximum absolute atomic E-state index is 13.2. The average molecular weight is 603 g/mol. The van der Waals surface area contributed by atoms with E-state index < -0.39 is 54.1 Å². The molecule has 0 aromatic heterocycles. The van der Waals surface area contributed by atoms with Crippen molar-refractivity contribution < 1.29 is 47.7 Å². The molecule has 4 atom stereocenters. The summed E-state index contributed by atoms with van der Waals surface area (Å²) in [6, 6.07) is 8.40. The molecule has 1 aliphatic carbocycles. The van der Waals surface area contributed by atoms with Gasteiger partial charge in [0.05, 0.1) is 46.6 Å². The summed E-state index contributed by atoms with van der Waals surface area (Å²) in [6.07, 6.45) is 0.500. The maximum atomic E-state index is 13.2. The predicted molar refractivity (Wildman–Crippen MR) is 149 cm³/mol. The summed E-state index contributed by atoms with van der Waals surface area (Å²) >= 11 is 0. The Balaban J connectivity index is 0.986. The van der Waals surface area contributed by atoms with Crippen LogP contribution in [0.2, 0.25) is 0 Å². The zero-order valence-electron chi connectivity index (χ0n) is 24.1. The first-order valence-corrected chi connectivity index (χ1v) is 14.8. The molecule has 1 saturated carbocycles. The summed E-state index contributed by atoms with van der Waals surface area (Å²) in [7, 11) is 1.37. The van der Waals surface area contributed by atoms with E-state index in [-0.39, 0.29) is 58.5 Å². The number of hydrogen-bond donors (Lipinski definition) is 0. The number of imide groups is 2. The van der Waals surface area contributed by atoms with Crippen LogP contribution in [0.1, 0.15) is 94.8 Å². The number of esters is 2. The SMILES string of the molecule is CC1CCC(N2C(=O)c3ccc(C(=O)O[C@H]4CO[C@H]5[C@@H]4OC[C@H]5OC(=O)c4ccc5c(c4)C(=O)N(C)C5=O)cc3C2=O)CC1. The van der Waals surface area contributed by atoms with E-state index in [9.17, 15) is 28.8 Å². The Kier molecular flexibility index (Phi) is 6.85. The summed E-state index contributed by atoms with van der Waals surface area (Å²) in [5, 5.41) is 0. The van der Waals surface area contributed by atoms with Crippen molar-refractivity contribution in [3.63, 3.8) is 0 Å². The molecule has 5 aliphatic rings. The second-order valence-electron chi connectivity index (χ2n) is 12.1. The van der Waals surface area contributed by atoms with E-state index in [1.807, 2.05) is 0 Å². The molecule has 7 rings (SSSR count). The lowest BCUT2D eigenvalue weighted by atomic mass is 9.86. The van der Waals surface area contributed by atoms with Crippen LogP contribution in [0.15, 0.2) is 36.4 Å². The molecule has 228 valence electrons. The molecule has 2 saturated heterocycles. The number of hydrogen-bond acceptors (Lipinski definition) is 10. The van der Waals surface area contributed by atoms with Gasteiger partial charge in [0.25, 0.3) is 23.6 Å². The third-order valence-corrected chi connectivity index (χ3v) is 9.31. The summed E-state index contributed by atoms with van der Waals surface area (Å²) in [5.74, 6) is -2.49. The fraction of sp³-hybridized carbons (Fsp3) is 0.438. The lowest BCUT2D eigenvalue weighted by molar-refractivity contribution is -0.0287. The number of fused-ring (bicyclic) bond motifs is 3. The van der Waals surface area contributed by atoms with Gasteiger partial charge in [-0.1, -0.05) is 6.92 Å². The van der Waals surface area contributed by atoms with Crippen LogP contribution in [0.5, 0.6) is 0 Å². The lowest BCUT2D eigenvalue weighted by Gasteiger charge is -2.32. The van der Waals surface area contributed by atoms with Crippen LogP contribution in [-0.2, 0) is 18.9 Å². The topological polar surface area (TPSA) is 146 Å². The highest BCUT2D eigenvalue weighted by molar-refractivity contribution is 6.22. The molecule has 12 heteroatoms. The number of rotatable bonds is 5. The van der Waals surface area contributed by atoms with Crippen LogP contribution in [0.4, 0.5) is 0 Å². The molecular weight excluding hydrogens is 572 g/mol. The van der Waals surface area contributed by atoms with E-state index in [0.29, 0.717) is 5.92 Å². The first kappa shape index (κ1) is 28.4. The molecule has 0 radical (unpaired) electrons. The molecule has 0 unspecified atom stereocenters. The van der Waals surface area contributed by atoms with Crippen molar-refractivity contribution in [3.8, 4) is 0 Å². The predicted octanol–water partition coefficient (Wildman–Crippen LogP) is 2.64. The second-order valence-corrected chi connectivity index (χ2v) is 12.1. The third kappa shape index (κ3) is 4.51. The Hall–Kier alpha value is -4.42. The van der Waals surface area contributed by atoms with E-state index in [2.05, 4.69) is 6.92 Å². The van der Waals surface area contributed by atoms with Gasteiger partial charge in [-0.2, -0.15) is 0 Å². The van der Waals surface area contributed by atoms with Crippen molar-refractivity contribution in [1.82, 2.24) is 9.80 Å². The molecule has 2 aromatic rings. The molecule has 12 nitrogen and oxygen atoms in total. The normalized spacial score (nSPS) is 29.1. The maximum Gasteiger partial charge on any atom is 0.338 e. The number of ether oxygens (including phenoxy) is 4. The third-order valence-electron chi connectivity index (χ3n) is 9.31. The molecule has 4 amide bonds. The highest BCUT2D eigenvalue weighted by atomic mass is 16.7. The van der Waals surface area contributed by atoms with E-state index >= 15 is 0 Å². The molecule has 0 bridgehead atoms. The molecule has 4 aliphatic heterocycles. The fourth-order valence-corrected chi connectivity index (χ4v) is 6.75. The first-order valence-electron chi connectivity index (χ1n) is 14.8.